The van der Waals surface area contributed by atoms with Gasteiger partial charge in [0.05, 0.1) is 0 Å². The van der Waals surface area contributed by atoms with Gasteiger partial charge in [0.1, 0.15) is 0 Å². The van der Waals surface area contributed by atoms with Crippen LogP contribution in [0.4, 0.5) is 5.69 Å². The van der Waals surface area contributed by atoms with Crippen molar-refractivity contribution in [3.8, 4) is 0 Å². The molecule has 0 unspecified atom stereocenters. The maximum Gasteiger partial charge on any atom is 0.328 e. The standard InChI is InChI=1S/C10H8ClNO3/c11-7-2-1-3-8(6-7)12-9(13)4-5-10(14)15/h1-6H,(H,12,13)(H,14,15)/b5-4+. The van der Waals surface area contributed by atoms with Gasteiger partial charge in [-0.1, -0.05) is 17.7 Å². The van der Waals surface area contributed by atoms with Crippen LogP contribution < -0.4 is 5.32 Å². The van der Waals surface area contributed by atoms with Gasteiger partial charge in [0, 0.05) is 22.9 Å². The number of hydrogen-bond donors (Lipinski definition) is 2. The highest BCUT2D eigenvalue weighted by atomic mass is 35.5. The van der Waals surface area contributed by atoms with Crippen LogP contribution in [0.25, 0.3) is 0 Å². The lowest BCUT2D eigenvalue weighted by atomic mass is 10.3. The topological polar surface area (TPSA) is 66.4 Å². The molecule has 1 aromatic carbocycles. The van der Waals surface area contributed by atoms with Crippen molar-refractivity contribution in [3.05, 3.63) is 41.4 Å². The Morgan fingerprint density at radius 2 is 2.07 bits per heavy atom. The Morgan fingerprint density at radius 3 is 2.67 bits per heavy atom. The molecule has 0 bridgehead atoms. The van der Waals surface area contributed by atoms with Crippen LogP contribution in [0.3, 0.4) is 0 Å². The second-order valence-electron chi connectivity index (χ2n) is 2.67. The molecule has 0 atom stereocenters. The Kier molecular flexibility index (Phi) is 3.88. The van der Waals surface area contributed by atoms with Crippen molar-refractivity contribution < 1.29 is 14.7 Å². The zero-order chi connectivity index (χ0) is 11.3. The van der Waals surface area contributed by atoms with Crippen molar-refractivity contribution in [3.63, 3.8) is 0 Å². The number of aliphatic carboxylic acids is 1. The Balaban J connectivity index is 2.63. The smallest absolute Gasteiger partial charge is 0.328 e. The summed E-state index contributed by atoms with van der Waals surface area (Å²) in [6, 6.07) is 6.57. The first-order valence-corrected chi connectivity index (χ1v) is 4.43. The van der Waals surface area contributed by atoms with Gasteiger partial charge in [-0.25, -0.2) is 4.79 Å². The molecule has 0 aliphatic carbocycles. The first-order chi connectivity index (χ1) is 7.08. The predicted molar refractivity (Wildman–Crippen MR) is 56.9 cm³/mol. The second kappa shape index (κ2) is 5.17. The van der Waals surface area contributed by atoms with Gasteiger partial charge in [0.2, 0.25) is 5.91 Å². The number of amides is 1. The van der Waals surface area contributed by atoms with E-state index in [0.717, 1.165) is 12.2 Å². The van der Waals surface area contributed by atoms with Crippen LogP contribution in [0, 0.1) is 0 Å². The van der Waals surface area contributed by atoms with E-state index in [0.29, 0.717) is 10.7 Å². The van der Waals surface area contributed by atoms with Crippen LogP contribution in [-0.2, 0) is 9.59 Å². The molecule has 1 amide bonds. The molecule has 0 saturated heterocycles. The summed E-state index contributed by atoms with van der Waals surface area (Å²) in [4.78, 5) is 21.2. The highest BCUT2D eigenvalue weighted by Crippen LogP contribution is 2.14. The molecule has 0 heterocycles. The zero-order valence-electron chi connectivity index (χ0n) is 7.61. The summed E-state index contributed by atoms with van der Waals surface area (Å²) in [6.45, 7) is 0. The fourth-order valence-corrected chi connectivity index (χ4v) is 1.09. The van der Waals surface area contributed by atoms with Gasteiger partial charge in [-0.2, -0.15) is 0 Å². The number of anilines is 1. The molecule has 0 aliphatic heterocycles. The Bertz CT molecular complexity index is 415. The number of rotatable bonds is 3. The average molecular weight is 226 g/mol. The molecule has 2 N–H and O–H groups in total. The summed E-state index contributed by atoms with van der Waals surface area (Å²) in [6.07, 6.45) is 1.70. The molecule has 5 heteroatoms. The molecule has 15 heavy (non-hydrogen) atoms. The predicted octanol–water partition coefficient (Wildman–Crippen LogP) is 1.92. The van der Waals surface area contributed by atoms with Crippen LogP contribution in [-0.4, -0.2) is 17.0 Å². The number of carboxylic acids is 1. The molecule has 4 nitrogen and oxygen atoms in total. The van der Waals surface area contributed by atoms with Gasteiger partial charge in [0.25, 0.3) is 0 Å². The van der Waals surface area contributed by atoms with Crippen molar-refractivity contribution in [2.75, 3.05) is 5.32 Å². The van der Waals surface area contributed by atoms with E-state index in [2.05, 4.69) is 5.32 Å². The molecule has 0 saturated carbocycles. The normalized spacial score (nSPS) is 10.2. The van der Waals surface area contributed by atoms with Gasteiger partial charge < -0.3 is 10.4 Å². The molecule has 1 rings (SSSR count). The molecular formula is C10H8ClNO3. The van der Waals surface area contributed by atoms with Crippen molar-refractivity contribution in [2.45, 2.75) is 0 Å². The fraction of sp³-hybridized carbons (Fsp3) is 0. The number of benzene rings is 1. The first kappa shape index (κ1) is 11.3. The summed E-state index contributed by atoms with van der Waals surface area (Å²) < 4.78 is 0. The highest BCUT2D eigenvalue weighted by Gasteiger charge is 1.98. The second-order valence-corrected chi connectivity index (χ2v) is 3.11. The largest absolute Gasteiger partial charge is 0.478 e. The third-order valence-electron chi connectivity index (χ3n) is 1.47. The lowest BCUT2D eigenvalue weighted by Crippen LogP contribution is -2.08. The Hall–Kier alpha value is -1.81. The quantitative estimate of drug-likeness (QED) is 0.773. The SMILES string of the molecule is O=C(O)/C=C/C(=O)Nc1cccc(Cl)c1. The van der Waals surface area contributed by atoms with Crippen LogP contribution in [0.5, 0.6) is 0 Å². The maximum absolute atomic E-state index is 11.1. The van der Waals surface area contributed by atoms with Crippen molar-refractivity contribution in [1.29, 1.82) is 0 Å². The van der Waals surface area contributed by atoms with Crippen molar-refractivity contribution in [1.82, 2.24) is 0 Å². The first-order valence-electron chi connectivity index (χ1n) is 4.05. The summed E-state index contributed by atoms with van der Waals surface area (Å²) in [5, 5.41) is 11.2. The highest BCUT2D eigenvalue weighted by molar-refractivity contribution is 6.30. The van der Waals surface area contributed by atoms with E-state index in [1.807, 2.05) is 0 Å². The summed E-state index contributed by atoms with van der Waals surface area (Å²) in [5.74, 6) is -1.68. The lowest BCUT2D eigenvalue weighted by molar-refractivity contribution is -0.131. The van der Waals surface area contributed by atoms with Gasteiger partial charge in [-0.3, -0.25) is 4.79 Å². The van der Waals surface area contributed by atoms with E-state index in [1.165, 1.54) is 0 Å². The van der Waals surface area contributed by atoms with E-state index in [-0.39, 0.29) is 0 Å². The number of nitrogens with one attached hydrogen (secondary N) is 1. The van der Waals surface area contributed by atoms with Crippen LogP contribution in [0.15, 0.2) is 36.4 Å². The monoisotopic (exact) mass is 225 g/mol. The third-order valence-corrected chi connectivity index (χ3v) is 1.70. The summed E-state index contributed by atoms with van der Waals surface area (Å²) >= 11 is 5.69. The number of carboxylic acid groups (broad SMARTS) is 1. The molecule has 78 valence electrons. The lowest BCUT2D eigenvalue weighted by Gasteiger charge is -2.01. The van der Waals surface area contributed by atoms with E-state index in [1.54, 1.807) is 24.3 Å². The van der Waals surface area contributed by atoms with Gasteiger partial charge in [-0.15, -0.1) is 0 Å². The minimum atomic E-state index is -1.17. The van der Waals surface area contributed by atoms with Crippen LogP contribution in [0.2, 0.25) is 5.02 Å². The number of hydrogen-bond acceptors (Lipinski definition) is 2. The summed E-state index contributed by atoms with van der Waals surface area (Å²) in [7, 11) is 0. The fourth-order valence-electron chi connectivity index (χ4n) is 0.897. The molecular weight excluding hydrogens is 218 g/mol. The summed E-state index contributed by atoms with van der Waals surface area (Å²) in [5.41, 5.74) is 0.516. The number of carbonyl (C=O) groups excluding carboxylic acids is 1. The third kappa shape index (κ3) is 4.28. The van der Waals surface area contributed by atoms with Crippen molar-refractivity contribution in [2.24, 2.45) is 0 Å². The van der Waals surface area contributed by atoms with Crippen molar-refractivity contribution >= 4 is 29.2 Å². The molecule has 0 radical (unpaired) electrons. The van der Waals surface area contributed by atoms with E-state index in [9.17, 15) is 9.59 Å². The minimum Gasteiger partial charge on any atom is -0.478 e. The van der Waals surface area contributed by atoms with Crippen LogP contribution in [0.1, 0.15) is 0 Å². The van der Waals surface area contributed by atoms with Gasteiger partial charge >= 0.3 is 5.97 Å². The average Bonchev–Trinajstić information content (AvgIpc) is 2.15. The molecule has 0 fully saturated rings. The molecule has 0 aromatic heterocycles. The number of halogens is 1. The van der Waals surface area contributed by atoms with Gasteiger partial charge in [-0.05, 0) is 18.2 Å². The van der Waals surface area contributed by atoms with Gasteiger partial charge in [0.15, 0.2) is 0 Å². The molecule has 0 aliphatic rings. The zero-order valence-corrected chi connectivity index (χ0v) is 8.36. The minimum absolute atomic E-state index is 0.495. The number of carbonyl (C=O) groups is 2. The Morgan fingerprint density at radius 1 is 1.33 bits per heavy atom. The maximum atomic E-state index is 11.1. The van der Waals surface area contributed by atoms with E-state index in [4.69, 9.17) is 16.7 Å². The van der Waals surface area contributed by atoms with E-state index >= 15 is 0 Å². The van der Waals surface area contributed by atoms with E-state index < -0.39 is 11.9 Å². The molecule has 1 aromatic rings. The van der Waals surface area contributed by atoms with Crippen LogP contribution >= 0.6 is 11.6 Å². The Labute approximate surface area is 91.2 Å². The molecule has 0 spiro atoms.